The molecule has 0 aromatic rings. The third kappa shape index (κ3) is 3.42. The van der Waals surface area contributed by atoms with Crippen LogP contribution >= 0.6 is 0 Å². The van der Waals surface area contributed by atoms with Gasteiger partial charge in [-0.2, -0.15) is 0 Å². The average Bonchev–Trinajstić information content (AvgIpc) is 2.75. The van der Waals surface area contributed by atoms with E-state index in [4.69, 9.17) is 11.5 Å². The van der Waals surface area contributed by atoms with Crippen LogP contribution in [0.5, 0.6) is 0 Å². The highest BCUT2D eigenvalue weighted by molar-refractivity contribution is 5.82. The van der Waals surface area contributed by atoms with E-state index in [0.717, 1.165) is 6.42 Å². The molecule has 1 fully saturated rings. The molecule has 2 amide bonds. The molecule has 2 atom stereocenters. The van der Waals surface area contributed by atoms with Crippen molar-refractivity contribution in [1.29, 1.82) is 0 Å². The minimum Gasteiger partial charge on any atom is -0.370 e. The first kappa shape index (κ1) is 9.98. The predicted octanol–water partition coefficient (Wildman–Crippen LogP) is -1.28. The predicted molar refractivity (Wildman–Crippen MR) is 47.5 cm³/mol. The molecule has 1 rings (SSSR count). The second-order valence-corrected chi connectivity index (χ2v) is 3.37. The van der Waals surface area contributed by atoms with E-state index in [2.05, 4.69) is 5.32 Å². The Balaban J connectivity index is 1.99. The molecule has 0 heterocycles. The first-order valence-corrected chi connectivity index (χ1v) is 4.43. The average molecular weight is 185 g/mol. The molecule has 0 radical (unpaired) electrons. The van der Waals surface area contributed by atoms with E-state index in [9.17, 15) is 9.59 Å². The van der Waals surface area contributed by atoms with Crippen molar-refractivity contribution in [2.24, 2.45) is 17.4 Å². The van der Waals surface area contributed by atoms with Gasteiger partial charge in [0.2, 0.25) is 11.8 Å². The van der Waals surface area contributed by atoms with Crippen molar-refractivity contribution < 1.29 is 9.59 Å². The lowest BCUT2D eigenvalue weighted by Gasteiger charge is -2.02. The van der Waals surface area contributed by atoms with Gasteiger partial charge in [-0.15, -0.1) is 0 Å². The summed E-state index contributed by atoms with van der Waals surface area (Å²) in [5.41, 5.74) is 10.4. The lowest BCUT2D eigenvalue weighted by Crippen LogP contribution is -2.29. The SMILES string of the molecule is NC(=O)CCCNC(=O)C1CC1N. The van der Waals surface area contributed by atoms with Crippen molar-refractivity contribution in [2.75, 3.05) is 6.54 Å². The number of nitrogens with one attached hydrogen (secondary N) is 1. The van der Waals surface area contributed by atoms with Crippen LogP contribution in [0, 0.1) is 5.92 Å². The van der Waals surface area contributed by atoms with Gasteiger partial charge >= 0.3 is 0 Å². The van der Waals surface area contributed by atoms with Crippen LogP contribution in [-0.4, -0.2) is 24.4 Å². The summed E-state index contributed by atoms with van der Waals surface area (Å²) in [5.74, 6) is -0.345. The standard InChI is InChI=1S/C8H15N3O2/c9-6-4-5(6)8(13)11-3-1-2-7(10)12/h5-6H,1-4,9H2,(H2,10,12)(H,11,13). The Hall–Kier alpha value is -1.10. The zero-order valence-corrected chi connectivity index (χ0v) is 7.45. The van der Waals surface area contributed by atoms with Gasteiger partial charge in [-0.1, -0.05) is 0 Å². The third-order valence-electron chi connectivity index (χ3n) is 2.08. The van der Waals surface area contributed by atoms with Gasteiger partial charge in [0, 0.05) is 19.0 Å². The first-order chi connectivity index (χ1) is 6.11. The maximum Gasteiger partial charge on any atom is 0.224 e. The number of rotatable bonds is 5. The normalized spacial score (nSPS) is 25.3. The Kier molecular flexibility index (Phi) is 3.25. The maximum atomic E-state index is 11.2. The van der Waals surface area contributed by atoms with E-state index in [-0.39, 0.29) is 23.8 Å². The minimum atomic E-state index is -0.336. The summed E-state index contributed by atoms with van der Waals surface area (Å²) in [6.45, 7) is 0.505. The van der Waals surface area contributed by atoms with E-state index in [1.165, 1.54) is 0 Å². The molecule has 2 unspecified atom stereocenters. The number of nitrogens with two attached hydrogens (primary N) is 2. The molecule has 5 N–H and O–H groups in total. The van der Waals surface area contributed by atoms with Gasteiger partial charge in [-0.3, -0.25) is 9.59 Å². The number of primary amides is 1. The van der Waals surface area contributed by atoms with E-state index in [1.54, 1.807) is 0 Å². The quantitative estimate of drug-likeness (QED) is 0.465. The summed E-state index contributed by atoms with van der Waals surface area (Å²) in [7, 11) is 0. The van der Waals surface area contributed by atoms with Crippen molar-refractivity contribution in [3.8, 4) is 0 Å². The number of carbonyl (C=O) groups is 2. The van der Waals surface area contributed by atoms with Crippen molar-refractivity contribution in [2.45, 2.75) is 25.3 Å². The van der Waals surface area contributed by atoms with Crippen molar-refractivity contribution in [3.63, 3.8) is 0 Å². The Morgan fingerprint density at radius 2 is 2.08 bits per heavy atom. The highest BCUT2D eigenvalue weighted by Gasteiger charge is 2.39. The zero-order chi connectivity index (χ0) is 9.84. The molecule has 1 saturated carbocycles. The van der Waals surface area contributed by atoms with Crippen LogP contribution < -0.4 is 16.8 Å². The van der Waals surface area contributed by atoms with E-state index in [1.807, 2.05) is 0 Å². The van der Waals surface area contributed by atoms with Gasteiger partial charge in [0.05, 0.1) is 5.92 Å². The number of hydrogen-bond donors (Lipinski definition) is 3. The molecule has 5 heteroatoms. The molecule has 1 aliphatic carbocycles. The van der Waals surface area contributed by atoms with Crippen LogP contribution in [0.15, 0.2) is 0 Å². The molecule has 5 nitrogen and oxygen atoms in total. The van der Waals surface area contributed by atoms with E-state index < -0.39 is 0 Å². The zero-order valence-electron chi connectivity index (χ0n) is 7.45. The van der Waals surface area contributed by atoms with E-state index >= 15 is 0 Å². The molecule has 13 heavy (non-hydrogen) atoms. The Labute approximate surface area is 76.8 Å². The fraction of sp³-hybridized carbons (Fsp3) is 0.750. The highest BCUT2D eigenvalue weighted by Crippen LogP contribution is 2.27. The molecule has 0 bridgehead atoms. The first-order valence-electron chi connectivity index (χ1n) is 4.43. The van der Waals surface area contributed by atoms with Crippen LogP contribution in [0.2, 0.25) is 0 Å². The summed E-state index contributed by atoms with van der Waals surface area (Å²) in [4.78, 5) is 21.5. The Morgan fingerprint density at radius 3 is 2.54 bits per heavy atom. The molecule has 0 spiro atoms. The second-order valence-electron chi connectivity index (χ2n) is 3.37. The molecular formula is C8H15N3O2. The number of carbonyl (C=O) groups excluding carboxylic acids is 2. The van der Waals surface area contributed by atoms with Gasteiger partial charge in [-0.05, 0) is 12.8 Å². The summed E-state index contributed by atoms with van der Waals surface area (Å²) >= 11 is 0. The van der Waals surface area contributed by atoms with Crippen LogP contribution in [0.1, 0.15) is 19.3 Å². The highest BCUT2D eigenvalue weighted by atomic mass is 16.2. The van der Waals surface area contributed by atoms with Gasteiger partial charge in [-0.25, -0.2) is 0 Å². The summed E-state index contributed by atoms with van der Waals surface area (Å²) in [5, 5.41) is 2.70. The fourth-order valence-electron chi connectivity index (χ4n) is 1.12. The smallest absolute Gasteiger partial charge is 0.224 e. The van der Waals surface area contributed by atoms with Crippen LogP contribution in [0.25, 0.3) is 0 Å². The van der Waals surface area contributed by atoms with E-state index in [0.29, 0.717) is 19.4 Å². The second kappa shape index (κ2) is 4.23. The van der Waals surface area contributed by atoms with Gasteiger partial charge in [0.25, 0.3) is 0 Å². The summed E-state index contributed by atoms with van der Waals surface area (Å²) in [6, 6.07) is 0.0381. The fourth-order valence-corrected chi connectivity index (χ4v) is 1.12. The monoisotopic (exact) mass is 185 g/mol. The van der Waals surface area contributed by atoms with Gasteiger partial charge in [0.1, 0.15) is 0 Å². The third-order valence-corrected chi connectivity index (χ3v) is 2.08. The van der Waals surface area contributed by atoms with Crippen molar-refractivity contribution in [1.82, 2.24) is 5.32 Å². The van der Waals surface area contributed by atoms with Crippen LogP contribution in [0.4, 0.5) is 0 Å². The largest absolute Gasteiger partial charge is 0.370 e. The maximum absolute atomic E-state index is 11.2. The lowest BCUT2D eigenvalue weighted by molar-refractivity contribution is -0.123. The summed E-state index contributed by atoms with van der Waals surface area (Å²) in [6.07, 6.45) is 1.70. The molecular weight excluding hydrogens is 170 g/mol. The van der Waals surface area contributed by atoms with Crippen molar-refractivity contribution >= 4 is 11.8 Å². The van der Waals surface area contributed by atoms with Gasteiger partial charge in [0.15, 0.2) is 0 Å². The topological polar surface area (TPSA) is 98.2 Å². The number of amides is 2. The Morgan fingerprint density at radius 1 is 1.46 bits per heavy atom. The molecule has 0 aromatic heterocycles. The van der Waals surface area contributed by atoms with Crippen LogP contribution in [-0.2, 0) is 9.59 Å². The molecule has 0 aromatic carbocycles. The van der Waals surface area contributed by atoms with Crippen molar-refractivity contribution in [3.05, 3.63) is 0 Å². The molecule has 74 valence electrons. The van der Waals surface area contributed by atoms with Crippen LogP contribution in [0.3, 0.4) is 0 Å². The molecule has 1 aliphatic rings. The molecule has 0 aliphatic heterocycles. The Bertz CT molecular complexity index is 217. The lowest BCUT2D eigenvalue weighted by atomic mass is 10.3. The summed E-state index contributed by atoms with van der Waals surface area (Å²) < 4.78 is 0. The van der Waals surface area contributed by atoms with Gasteiger partial charge < -0.3 is 16.8 Å². The number of hydrogen-bond acceptors (Lipinski definition) is 3. The minimum absolute atomic E-state index is 0.00281. The molecule has 0 saturated heterocycles.